The van der Waals surface area contributed by atoms with Gasteiger partial charge < -0.3 is 16.0 Å². The molecular formula is C22H25N3O3. The van der Waals surface area contributed by atoms with Gasteiger partial charge in [-0.15, -0.1) is 0 Å². The van der Waals surface area contributed by atoms with Crippen molar-refractivity contribution in [3.8, 4) is 0 Å². The summed E-state index contributed by atoms with van der Waals surface area (Å²) in [5.74, 6) is -0.735. The van der Waals surface area contributed by atoms with Crippen molar-refractivity contribution in [1.29, 1.82) is 0 Å². The minimum absolute atomic E-state index is 0.160. The molecule has 0 aromatic heterocycles. The van der Waals surface area contributed by atoms with E-state index < -0.39 is 5.41 Å². The Morgan fingerprint density at radius 3 is 1.71 bits per heavy atom. The first-order chi connectivity index (χ1) is 13.2. The van der Waals surface area contributed by atoms with Crippen LogP contribution in [0, 0.1) is 26.2 Å². The minimum atomic E-state index is -1.03. The van der Waals surface area contributed by atoms with Crippen molar-refractivity contribution in [3.05, 3.63) is 53.1 Å². The average molecular weight is 379 g/mol. The second-order valence-corrected chi connectivity index (χ2v) is 7.52. The van der Waals surface area contributed by atoms with Crippen LogP contribution in [0.1, 0.15) is 36.5 Å². The van der Waals surface area contributed by atoms with Crippen molar-refractivity contribution < 1.29 is 14.4 Å². The molecule has 6 heteroatoms. The van der Waals surface area contributed by atoms with Crippen LogP contribution in [0.4, 0.5) is 17.1 Å². The molecular weight excluding hydrogens is 354 g/mol. The first-order valence-corrected chi connectivity index (χ1v) is 9.30. The van der Waals surface area contributed by atoms with Gasteiger partial charge in [0.15, 0.2) is 0 Å². The van der Waals surface area contributed by atoms with Gasteiger partial charge in [0.2, 0.25) is 17.7 Å². The van der Waals surface area contributed by atoms with Gasteiger partial charge in [-0.2, -0.15) is 0 Å². The molecule has 0 spiro atoms. The SMILES string of the molecule is CC(=O)Nc1ccc(NC(=O)C2(C(=O)Nc3c(C)cc(C)cc3C)CC2)cc1. The lowest BCUT2D eigenvalue weighted by atomic mass is 10.0. The van der Waals surface area contributed by atoms with Crippen LogP contribution in [0.25, 0.3) is 0 Å². The zero-order valence-corrected chi connectivity index (χ0v) is 16.6. The number of aryl methyl sites for hydroxylation is 3. The molecule has 28 heavy (non-hydrogen) atoms. The Kier molecular flexibility index (Phi) is 5.23. The molecule has 2 aromatic rings. The normalized spacial score (nSPS) is 14.1. The fourth-order valence-corrected chi connectivity index (χ4v) is 3.38. The zero-order valence-electron chi connectivity index (χ0n) is 16.6. The highest BCUT2D eigenvalue weighted by atomic mass is 16.2. The maximum absolute atomic E-state index is 12.9. The molecule has 0 aliphatic heterocycles. The number of amides is 3. The molecule has 1 fully saturated rings. The van der Waals surface area contributed by atoms with Crippen molar-refractivity contribution in [1.82, 2.24) is 0 Å². The fraction of sp³-hybridized carbons (Fsp3) is 0.318. The van der Waals surface area contributed by atoms with E-state index in [9.17, 15) is 14.4 Å². The third kappa shape index (κ3) is 4.06. The summed E-state index contributed by atoms with van der Waals surface area (Å²) >= 11 is 0. The molecule has 0 unspecified atom stereocenters. The summed E-state index contributed by atoms with van der Waals surface area (Å²) in [6.45, 7) is 7.35. The van der Waals surface area contributed by atoms with Crippen molar-refractivity contribution in [3.63, 3.8) is 0 Å². The molecule has 3 rings (SSSR count). The largest absolute Gasteiger partial charge is 0.326 e. The van der Waals surface area contributed by atoms with E-state index in [0.29, 0.717) is 24.2 Å². The van der Waals surface area contributed by atoms with E-state index in [1.807, 2.05) is 32.9 Å². The molecule has 2 aromatic carbocycles. The Hall–Kier alpha value is -3.15. The molecule has 0 saturated heterocycles. The number of nitrogens with one attached hydrogen (secondary N) is 3. The topological polar surface area (TPSA) is 87.3 Å². The first-order valence-electron chi connectivity index (χ1n) is 9.30. The number of carbonyl (C=O) groups excluding carboxylic acids is 3. The Morgan fingerprint density at radius 1 is 0.786 bits per heavy atom. The summed E-state index contributed by atoms with van der Waals surface area (Å²) < 4.78 is 0. The van der Waals surface area contributed by atoms with Gasteiger partial charge in [-0.3, -0.25) is 14.4 Å². The van der Waals surface area contributed by atoms with Crippen LogP contribution in [0.3, 0.4) is 0 Å². The van der Waals surface area contributed by atoms with Crippen molar-refractivity contribution in [2.24, 2.45) is 5.41 Å². The number of benzene rings is 2. The molecule has 0 atom stereocenters. The number of carbonyl (C=O) groups is 3. The molecule has 1 aliphatic carbocycles. The van der Waals surface area contributed by atoms with Gasteiger partial charge in [0, 0.05) is 24.0 Å². The molecule has 146 valence electrons. The minimum Gasteiger partial charge on any atom is -0.326 e. The lowest BCUT2D eigenvalue weighted by molar-refractivity contribution is -0.131. The van der Waals surface area contributed by atoms with E-state index in [0.717, 1.165) is 22.4 Å². The number of hydrogen-bond donors (Lipinski definition) is 3. The number of rotatable bonds is 5. The summed E-state index contributed by atoms with van der Waals surface area (Å²) in [6, 6.07) is 10.8. The van der Waals surface area contributed by atoms with Crippen LogP contribution in [0.5, 0.6) is 0 Å². The van der Waals surface area contributed by atoms with Crippen LogP contribution in [0.2, 0.25) is 0 Å². The van der Waals surface area contributed by atoms with E-state index in [1.54, 1.807) is 24.3 Å². The molecule has 6 nitrogen and oxygen atoms in total. The Bertz CT molecular complexity index is 921. The number of anilines is 3. The second-order valence-electron chi connectivity index (χ2n) is 7.52. The Morgan fingerprint density at radius 2 is 1.25 bits per heavy atom. The van der Waals surface area contributed by atoms with Crippen LogP contribution < -0.4 is 16.0 Å². The lowest BCUT2D eigenvalue weighted by Crippen LogP contribution is -2.36. The molecule has 3 amide bonds. The maximum atomic E-state index is 12.9. The summed E-state index contributed by atoms with van der Waals surface area (Å²) in [4.78, 5) is 36.7. The van der Waals surface area contributed by atoms with Gasteiger partial charge in [-0.1, -0.05) is 17.7 Å². The smallest absolute Gasteiger partial charge is 0.240 e. The summed E-state index contributed by atoms with van der Waals surface area (Å²) in [5, 5.41) is 8.45. The van der Waals surface area contributed by atoms with Gasteiger partial charge in [0.05, 0.1) is 0 Å². The van der Waals surface area contributed by atoms with Crippen LogP contribution >= 0.6 is 0 Å². The monoisotopic (exact) mass is 379 g/mol. The first kappa shape index (κ1) is 19.6. The van der Waals surface area contributed by atoms with Gasteiger partial charge in [-0.05, 0) is 69.0 Å². The molecule has 0 radical (unpaired) electrons. The van der Waals surface area contributed by atoms with Crippen LogP contribution in [0.15, 0.2) is 36.4 Å². The van der Waals surface area contributed by atoms with Gasteiger partial charge in [-0.25, -0.2) is 0 Å². The predicted octanol–water partition coefficient (Wildman–Crippen LogP) is 3.93. The van der Waals surface area contributed by atoms with E-state index in [4.69, 9.17) is 0 Å². The lowest BCUT2D eigenvalue weighted by Gasteiger charge is -2.18. The van der Waals surface area contributed by atoms with Gasteiger partial charge in [0.1, 0.15) is 5.41 Å². The van der Waals surface area contributed by atoms with E-state index in [-0.39, 0.29) is 17.7 Å². The summed E-state index contributed by atoms with van der Waals surface area (Å²) in [7, 11) is 0. The zero-order chi connectivity index (χ0) is 20.5. The van der Waals surface area contributed by atoms with E-state index in [1.165, 1.54) is 6.92 Å². The van der Waals surface area contributed by atoms with Crippen molar-refractivity contribution in [2.45, 2.75) is 40.5 Å². The second kappa shape index (κ2) is 7.46. The van der Waals surface area contributed by atoms with Crippen LogP contribution in [-0.2, 0) is 14.4 Å². The third-order valence-electron chi connectivity index (χ3n) is 5.00. The van der Waals surface area contributed by atoms with E-state index >= 15 is 0 Å². The summed E-state index contributed by atoms with van der Waals surface area (Å²) in [5.41, 5.74) is 4.07. The van der Waals surface area contributed by atoms with Crippen molar-refractivity contribution in [2.75, 3.05) is 16.0 Å². The van der Waals surface area contributed by atoms with Gasteiger partial charge >= 0.3 is 0 Å². The van der Waals surface area contributed by atoms with Crippen molar-refractivity contribution >= 4 is 34.8 Å². The maximum Gasteiger partial charge on any atom is 0.240 e. The molecule has 3 N–H and O–H groups in total. The third-order valence-corrected chi connectivity index (χ3v) is 5.00. The molecule has 0 heterocycles. The predicted molar refractivity (Wildman–Crippen MR) is 110 cm³/mol. The Labute approximate surface area is 164 Å². The fourth-order valence-electron chi connectivity index (χ4n) is 3.38. The standard InChI is InChI=1S/C22H25N3O3/c1-13-11-14(2)19(15(3)12-13)25-21(28)22(9-10-22)20(27)24-18-7-5-17(6-8-18)23-16(4)26/h5-8,11-12H,9-10H2,1-4H3,(H,23,26)(H,24,27)(H,25,28). The molecule has 1 saturated carbocycles. The van der Waals surface area contributed by atoms with Gasteiger partial charge in [0.25, 0.3) is 0 Å². The van der Waals surface area contributed by atoms with E-state index in [2.05, 4.69) is 16.0 Å². The molecule has 0 bridgehead atoms. The summed E-state index contributed by atoms with van der Waals surface area (Å²) in [6.07, 6.45) is 1.05. The average Bonchev–Trinajstić information content (AvgIpc) is 3.41. The molecule has 1 aliphatic rings. The quantitative estimate of drug-likeness (QED) is 0.688. The highest BCUT2D eigenvalue weighted by Gasteiger charge is 2.56. The highest BCUT2D eigenvalue weighted by molar-refractivity contribution is 6.17. The van der Waals surface area contributed by atoms with Crippen LogP contribution in [-0.4, -0.2) is 17.7 Å². The number of hydrogen-bond acceptors (Lipinski definition) is 3. The Balaban J connectivity index is 1.70. The highest BCUT2D eigenvalue weighted by Crippen LogP contribution is 2.47.